The van der Waals surface area contributed by atoms with Crippen LogP contribution in [0, 0.1) is 6.92 Å². The smallest absolute Gasteiger partial charge is 0.215 e. The van der Waals surface area contributed by atoms with Crippen LogP contribution >= 0.6 is 0 Å². The van der Waals surface area contributed by atoms with Crippen molar-refractivity contribution in [3.05, 3.63) is 120 Å². The molecule has 0 aliphatic heterocycles. The van der Waals surface area contributed by atoms with Crippen LogP contribution in [0.1, 0.15) is 31.9 Å². The maximum atomic E-state index is 2.46. The lowest BCUT2D eigenvalue weighted by atomic mass is 9.80. The molecule has 7 rings (SSSR count). The molecule has 0 aliphatic carbocycles. The highest BCUT2D eigenvalue weighted by Gasteiger charge is 2.26. The summed E-state index contributed by atoms with van der Waals surface area (Å²) < 4.78 is 4.83. The number of aromatic nitrogens is 2. The third-order valence-electron chi connectivity index (χ3n) is 8.40. The molecule has 0 atom stereocenters. The fourth-order valence-electron chi connectivity index (χ4n) is 6.45. The lowest BCUT2D eigenvalue weighted by Gasteiger charge is -2.24. The second-order valence-electron chi connectivity index (χ2n) is 11.8. The van der Waals surface area contributed by atoms with E-state index < -0.39 is 0 Å². The van der Waals surface area contributed by atoms with Crippen molar-refractivity contribution in [3.8, 4) is 16.9 Å². The summed E-state index contributed by atoms with van der Waals surface area (Å²) in [6.45, 7) is 9.23. The van der Waals surface area contributed by atoms with Crippen molar-refractivity contribution >= 4 is 43.5 Å². The molecule has 0 unspecified atom stereocenters. The van der Waals surface area contributed by atoms with Gasteiger partial charge in [0.1, 0.15) is 7.05 Å². The quantitative estimate of drug-likeness (QED) is 0.207. The molecule has 2 aromatic heterocycles. The number of benzene rings is 5. The van der Waals surface area contributed by atoms with E-state index in [4.69, 9.17) is 0 Å². The van der Waals surface area contributed by atoms with Crippen LogP contribution in [0.15, 0.2) is 109 Å². The lowest BCUT2D eigenvalue weighted by Crippen LogP contribution is -2.33. The number of hydrogen-bond donors (Lipinski definition) is 0. The summed E-state index contributed by atoms with van der Waals surface area (Å²) in [5.74, 6) is 0. The molecule has 190 valence electrons. The molecule has 2 heterocycles. The standard InChI is InChI=1S/C37H33N2/c1-24-25-14-6-7-15-26(25)31(37(2,3)4)22-30(24)35-23-36(29-18-10-11-19-32(29)38(35)5)39-33-20-12-8-16-27(33)28-17-9-13-21-34(28)39/h6-23H,1-5H3/q+1. The molecule has 2 nitrogen and oxygen atoms in total. The van der Waals surface area contributed by atoms with Gasteiger partial charge >= 0.3 is 0 Å². The average molecular weight is 506 g/mol. The second-order valence-corrected chi connectivity index (χ2v) is 11.8. The van der Waals surface area contributed by atoms with Gasteiger partial charge in [0.15, 0.2) is 0 Å². The molecular formula is C37H33N2+. The second kappa shape index (κ2) is 8.54. The predicted molar refractivity (Wildman–Crippen MR) is 166 cm³/mol. The molecule has 0 radical (unpaired) electrons. The molecule has 39 heavy (non-hydrogen) atoms. The van der Waals surface area contributed by atoms with E-state index >= 15 is 0 Å². The Morgan fingerprint density at radius 1 is 0.590 bits per heavy atom. The number of pyridine rings is 1. The SMILES string of the molecule is Cc1c(-c2cc(-n3c4ccccc4c4ccccc43)c3ccccc3[n+]2C)cc(C(C)(C)C)c2ccccc12. The van der Waals surface area contributed by atoms with Crippen LogP contribution in [-0.4, -0.2) is 4.57 Å². The summed E-state index contributed by atoms with van der Waals surface area (Å²) in [6, 6.07) is 40.1. The normalized spacial score (nSPS) is 12.2. The average Bonchev–Trinajstić information content (AvgIpc) is 3.28. The Hall–Kier alpha value is -4.43. The minimum absolute atomic E-state index is 0.0210. The maximum Gasteiger partial charge on any atom is 0.215 e. The highest BCUT2D eigenvalue weighted by molar-refractivity contribution is 6.10. The first-order valence-electron chi connectivity index (χ1n) is 13.8. The van der Waals surface area contributed by atoms with Gasteiger partial charge in [-0.3, -0.25) is 0 Å². The molecule has 0 N–H and O–H groups in total. The van der Waals surface area contributed by atoms with Crippen molar-refractivity contribution in [1.82, 2.24) is 4.57 Å². The van der Waals surface area contributed by atoms with Crippen LogP contribution in [0.2, 0.25) is 0 Å². The summed E-state index contributed by atoms with van der Waals surface area (Å²) in [7, 11) is 2.21. The molecule has 0 fully saturated rings. The van der Waals surface area contributed by atoms with Crippen LogP contribution in [0.5, 0.6) is 0 Å². The van der Waals surface area contributed by atoms with Gasteiger partial charge in [-0.1, -0.05) is 93.6 Å². The van der Waals surface area contributed by atoms with E-state index in [1.807, 2.05) is 0 Å². The van der Waals surface area contributed by atoms with Gasteiger partial charge in [-0.15, -0.1) is 0 Å². The molecule has 0 bridgehead atoms. The molecule has 0 amide bonds. The highest BCUT2D eigenvalue weighted by atomic mass is 15.0. The fraction of sp³-hybridized carbons (Fsp3) is 0.162. The topological polar surface area (TPSA) is 8.81 Å². The zero-order chi connectivity index (χ0) is 26.9. The third-order valence-corrected chi connectivity index (χ3v) is 8.40. The number of hydrogen-bond acceptors (Lipinski definition) is 0. The van der Waals surface area contributed by atoms with E-state index in [9.17, 15) is 0 Å². The van der Waals surface area contributed by atoms with Gasteiger partial charge in [0, 0.05) is 22.9 Å². The van der Waals surface area contributed by atoms with E-state index in [1.165, 1.54) is 71.6 Å². The largest absolute Gasteiger partial charge is 0.308 e. The summed E-state index contributed by atoms with van der Waals surface area (Å²) in [4.78, 5) is 0. The van der Waals surface area contributed by atoms with Crippen molar-refractivity contribution in [2.45, 2.75) is 33.1 Å². The lowest BCUT2D eigenvalue weighted by molar-refractivity contribution is -0.633. The summed E-state index contributed by atoms with van der Waals surface area (Å²) >= 11 is 0. The first kappa shape index (κ1) is 23.7. The Morgan fingerprint density at radius 3 is 1.72 bits per heavy atom. The number of nitrogens with zero attached hydrogens (tertiary/aromatic N) is 2. The van der Waals surface area contributed by atoms with Crippen molar-refractivity contribution in [2.24, 2.45) is 7.05 Å². The van der Waals surface area contributed by atoms with Crippen molar-refractivity contribution in [2.75, 3.05) is 0 Å². The van der Waals surface area contributed by atoms with Gasteiger partial charge < -0.3 is 4.57 Å². The van der Waals surface area contributed by atoms with E-state index in [1.54, 1.807) is 0 Å². The minimum atomic E-state index is 0.0210. The van der Waals surface area contributed by atoms with E-state index in [2.05, 4.69) is 153 Å². The Balaban J connectivity index is 1.64. The maximum absolute atomic E-state index is 2.46. The van der Waals surface area contributed by atoms with E-state index in [0.717, 1.165) is 0 Å². The molecule has 5 aromatic carbocycles. The molecule has 0 saturated carbocycles. The van der Waals surface area contributed by atoms with Crippen molar-refractivity contribution < 1.29 is 4.57 Å². The number of aryl methyl sites for hydroxylation is 2. The van der Waals surface area contributed by atoms with E-state index in [0.29, 0.717) is 0 Å². The summed E-state index contributed by atoms with van der Waals surface area (Å²) in [5, 5.41) is 6.47. The predicted octanol–water partition coefficient (Wildman–Crippen LogP) is 9.19. The molecule has 0 aliphatic rings. The zero-order valence-corrected chi connectivity index (χ0v) is 23.3. The Kier molecular flexibility index (Phi) is 5.18. The summed E-state index contributed by atoms with van der Waals surface area (Å²) in [6.07, 6.45) is 0. The highest BCUT2D eigenvalue weighted by Crippen LogP contribution is 2.39. The number of para-hydroxylation sites is 3. The molecular weight excluding hydrogens is 472 g/mol. The third kappa shape index (κ3) is 3.51. The van der Waals surface area contributed by atoms with Gasteiger partial charge in [-0.25, -0.2) is 0 Å². The van der Waals surface area contributed by atoms with Crippen molar-refractivity contribution in [3.63, 3.8) is 0 Å². The zero-order valence-electron chi connectivity index (χ0n) is 23.3. The van der Waals surface area contributed by atoms with Gasteiger partial charge in [0.25, 0.3) is 0 Å². The van der Waals surface area contributed by atoms with Crippen molar-refractivity contribution in [1.29, 1.82) is 0 Å². The molecule has 0 spiro atoms. The molecule has 7 aromatic rings. The van der Waals surface area contributed by atoms with Gasteiger partial charge in [0.05, 0.1) is 27.7 Å². The van der Waals surface area contributed by atoms with Gasteiger partial charge in [-0.2, -0.15) is 4.57 Å². The fourth-order valence-corrected chi connectivity index (χ4v) is 6.45. The monoisotopic (exact) mass is 505 g/mol. The van der Waals surface area contributed by atoms with Crippen LogP contribution in [0.3, 0.4) is 0 Å². The van der Waals surface area contributed by atoms with Crippen LogP contribution in [0.4, 0.5) is 0 Å². The van der Waals surface area contributed by atoms with Gasteiger partial charge in [0.2, 0.25) is 11.2 Å². The van der Waals surface area contributed by atoms with Gasteiger partial charge in [-0.05, 0) is 58.5 Å². The molecule has 0 saturated heterocycles. The number of rotatable bonds is 2. The summed E-state index contributed by atoms with van der Waals surface area (Å²) in [5.41, 5.74) is 10.1. The Morgan fingerprint density at radius 2 is 1.10 bits per heavy atom. The number of fused-ring (bicyclic) bond motifs is 5. The van der Waals surface area contributed by atoms with Crippen LogP contribution < -0.4 is 4.57 Å². The van der Waals surface area contributed by atoms with Crippen LogP contribution in [0.25, 0.3) is 60.4 Å². The Labute approximate surface area is 229 Å². The molecule has 2 heteroatoms. The first-order valence-corrected chi connectivity index (χ1v) is 13.8. The first-order chi connectivity index (χ1) is 18.8. The van der Waals surface area contributed by atoms with Crippen LogP contribution in [-0.2, 0) is 12.5 Å². The van der Waals surface area contributed by atoms with E-state index in [-0.39, 0.29) is 5.41 Å². The minimum Gasteiger partial charge on any atom is -0.308 e. The Bertz CT molecular complexity index is 2020.